The molecular weight excluding hydrogens is 512 g/mol. The molecule has 2 aromatic carbocycles. The second kappa shape index (κ2) is 8.99. The van der Waals surface area contributed by atoms with Gasteiger partial charge in [-0.2, -0.15) is 0 Å². The average molecular weight is 532 g/mol. The summed E-state index contributed by atoms with van der Waals surface area (Å²) in [6.07, 6.45) is 0.565. The number of hydrogen-bond donors (Lipinski definition) is 3. The summed E-state index contributed by atoms with van der Waals surface area (Å²) in [5.41, 5.74) is 2.48. The standard InChI is InChI=1S/C23H20BrClN4O4/c1-11(30)26-8-5-9-27-23(33)20-19(24)17-15(29(20)2)10-13(12-6-3-4-7-14(12)25)16-18(17)22(32)28-21(16)31/h3-4,6-7,10H,5,8-9H2,1-2H3,(H,26,30)(H,27,33)(H,28,31,32). The van der Waals surface area contributed by atoms with E-state index in [0.29, 0.717) is 56.7 Å². The number of carbonyl (C=O) groups is 4. The molecule has 33 heavy (non-hydrogen) atoms. The molecule has 4 amide bonds. The number of nitrogens with one attached hydrogen (secondary N) is 3. The number of rotatable bonds is 6. The zero-order valence-corrected chi connectivity index (χ0v) is 20.2. The lowest BCUT2D eigenvalue weighted by atomic mass is 9.94. The quantitative estimate of drug-likeness (QED) is 0.335. The lowest BCUT2D eigenvalue weighted by Gasteiger charge is -2.11. The van der Waals surface area contributed by atoms with Crippen molar-refractivity contribution in [3.63, 3.8) is 0 Å². The third kappa shape index (κ3) is 4.02. The van der Waals surface area contributed by atoms with Gasteiger partial charge in [-0.3, -0.25) is 24.5 Å². The number of nitrogens with zero attached hydrogens (tertiary/aromatic N) is 1. The molecule has 170 valence electrons. The second-order valence-corrected chi connectivity index (χ2v) is 8.85. The van der Waals surface area contributed by atoms with Crippen LogP contribution in [-0.4, -0.2) is 41.3 Å². The largest absolute Gasteiger partial charge is 0.356 e. The highest BCUT2D eigenvalue weighted by molar-refractivity contribution is 9.10. The molecule has 10 heteroatoms. The van der Waals surface area contributed by atoms with E-state index in [4.69, 9.17) is 11.6 Å². The number of amides is 4. The molecule has 4 rings (SSSR count). The molecule has 0 saturated heterocycles. The van der Waals surface area contributed by atoms with E-state index < -0.39 is 11.8 Å². The number of aryl methyl sites for hydroxylation is 1. The van der Waals surface area contributed by atoms with Crippen molar-refractivity contribution in [2.45, 2.75) is 13.3 Å². The van der Waals surface area contributed by atoms with Gasteiger partial charge < -0.3 is 15.2 Å². The van der Waals surface area contributed by atoms with Gasteiger partial charge in [0.2, 0.25) is 5.91 Å². The molecule has 0 fully saturated rings. The van der Waals surface area contributed by atoms with Crippen molar-refractivity contribution in [2.24, 2.45) is 7.05 Å². The Morgan fingerprint density at radius 2 is 1.73 bits per heavy atom. The fourth-order valence-electron chi connectivity index (χ4n) is 4.02. The minimum Gasteiger partial charge on any atom is -0.356 e. The van der Waals surface area contributed by atoms with Crippen LogP contribution in [0.1, 0.15) is 44.5 Å². The molecule has 0 spiro atoms. The van der Waals surface area contributed by atoms with Crippen LogP contribution in [-0.2, 0) is 11.8 Å². The Morgan fingerprint density at radius 1 is 1.06 bits per heavy atom. The number of benzene rings is 2. The zero-order valence-electron chi connectivity index (χ0n) is 17.8. The first-order valence-corrected chi connectivity index (χ1v) is 11.4. The van der Waals surface area contributed by atoms with Crippen LogP contribution in [0.4, 0.5) is 0 Å². The highest BCUT2D eigenvalue weighted by Crippen LogP contribution is 2.42. The summed E-state index contributed by atoms with van der Waals surface area (Å²) in [5.74, 6) is -1.51. The summed E-state index contributed by atoms with van der Waals surface area (Å²) in [6, 6.07) is 8.84. The summed E-state index contributed by atoms with van der Waals surface area (Å²) in [4.78, 5) is 49.4. The monoisotopic (exact) mass is 530 g/mol. The maximum Gasteiger partial charge on any atom is 0.269 e. The van der Waals surface area contributed by atoms with Crippen molar-refractivity contribution in [3.05, 3.63) is 56.6 Å². The zero-order chi connectivity index (χ0) is 23.9. The number of fused-ring (bicyclic) bond motifs is 3. The van der Waals surface area contributed by atoms with E-state index in [2.05, 4.69) is 31.9 Å². The van der Waals surface area contributed by atoms with Gasteiger partial charge in [0.1, 0.15) is 5.69 Å². The molecule has 0 atom stereocenters. The van der Waals surface area contributed by atoms with E-state index >= 15 is 0 Å². The lowest BCUT2D eigenvalue weighted by molar-refractivity contribution is -0.118. The van der Waals surface area contributed by atoms with Crippen LogP contribution in [0.25, 0.3) is 22.0 Å². The minimum absolute atomic E-state index is 0.131. The molecule has 3 N–H and O–H groups in total. The van der Waals surface area contributed by atoms with Gasteiger partial charge in [-0.05, 0) is 40.0 Å². The second-order valence-electron chi connectivity index (χ2n) is 7.65. The SMILES string of the molecule is CC(=O)NCCCNC(=O)c1c(Br)c2c3c(c(-c4ccccc4Cl)cc2n1C)C(=O)NC3=O. The molecule has 8 nitrogen and oxygen atoms in total. The first-order valence-electron chi connectivity index (χ1n) is 10.2. The maximum atomic E-state index is 13.0. The van der Waals surface area contributed by atoms with Crippen molar-refractivity contribution in [1.29, 1.82) is 0 Å². The van der Waals surface area contributed by atoms with E-state index in [9.17, 15) is 19.2 Å². The number of aromatic nitrogens is 1. The Bertz CT molecular complexity index is 1350. The molecule has 1 aromatic heterocycles. The Morgan fingerprint density at radius 3 is 2.42 bits per heavy atom. The Balaban J connectivity index is 1.82. The van der Waals surface area contributed by atoms with Crippen molar-refractivity contribution in [1.82, 2.24) is 20.5 Å². The van der Waals surface area contributed by atoms with Crippen LogP contribution in [0.3, 0.4) is 0 Å². The lowest BCUT2D eigenvalue weighted by Crippen LogP contribution is -2.30. The van der Waals surface area contributed by atoms with Gasteiger partial charge in [-0.25, -0.2) is 0 Å². The van der Waals surface area contributed by atoms with Crippen molar-refractivity contribution in [2.75, 3.05) is 13.1 Å². The smallest absolute Gasteiger partial charge is 0.269 e. The van der Waals surface area contributed by atoms with Crippen molar-refractivity contribution >= 4 is 62.1 Å². The van der Waals surface area contributed by atoms with Crippen LogP contribution in [0.2, 0.25) is 5.02 Å². The molecule has 2 heterocycles. The highest BCUT2D eigenvalue weighted by atomic mass is 79.9. The van der Waals surface area contributed by atoms with Crippen LogP contribution in [0, 0.1) is 0 Å². The first-order chi connectivity index (χ1) is 15.7. The molecule has 1 aliphatic rings. The van der Waals surface area contributed by atoms with E-state index in [0.717, 1.165) is 0 Å². The number of imide groups is 1. The van der Waals surface area contributed by atoms with Crippen LogP contribution >= 0.6 is 27.5 Å². The third-order valence-corrected chi connectivity index (χ3v) is 6.61. The summed E-state index contributed by atoms with van der Waals surface area (Å²) in [6.45, 7) is 2.24. The van der Waals surface area contributed by atoms with E-state index in [1.54, 1.807) is 41.9 Å². The van der Waals surface area contributed by atoms with Crippen LogP contribution < -0.4 is 16.0 Å². The first kappa shape index (κ1) is 23.0. The van der Waals surface area contributed by atoms with Gasteiger partial charge in [-0.15, -0.1) is 0 Å². The number of hydrogen-bond acceptors (Lipinski definition) is 4. The summed E-state index contributed by atoms with van der Waals surface area (Å²) < 4.78 is 2.10. The normalized spacial score (nSPS) is 12.6. The molecule has 0 saturated carbocycles. The number of carbonyl (C=O) groups excluding carboxylic acids is 4. The fourth-order valence-corrected chi connectivity index (χ4v) is 5.10. The van der Waals surface area contributed by atoms with E-state index in [-0.39, 0.29) is 22.9 Å². The summed E-state index contributed by atoms with van der Waals surface area (Å²) in [7, 11) is 1.72. The maximum absolute atomic E-state index is 13.0. The number of halogens is 2. The van der Waals surface area contributed by atoms with Gasteiger partial charge >= 0.3 is 0 Å². The summed E-state index contributed by atoms with van der Waals surface area (Å²) >= 11 is 9.89. The van der Waals surface area contributed by atoms with Gasteiger partial charge in [0, 0.05) is 43.0 Å². The van der Waals surface area contributed by atoms with E-state index in [1.807, 2.05) is 0 Å². The van der Waals surface area contributed by atoms with E-state index in [1.165, 1.54) is 6.92 Å². The van der Waals surface area contributed by atoms with Gasteiger partial charge in [0.05, 0.1) is 21.1 Å². The fraction of sp³-hybridized carbons (Fsp3) is 0.217. The van der Waals surface area contributed by atoms with Crippen LogP contribution in [0.5, 0.6) is 0 Å². The highest BCUT2D eigenvalue weighted by Gasteiger charge is 2.36. The molecular formula is C23H20BrClN4O4. The van der Waals surface area contributed by atoms with Gasteiger partial charge in [0.15, 0.2) is 0 Å². The molecule has 0 unspecified atom stereocenters. The molecule has 0 radical (unpaired) electrons. The topological polar surface area (TPSA) is 109 Å². The Labute approximate surface area is 202 Å². The predicted molar refractivity (Wildman–Crippen MR) is 128 cm³/mol. The molecule has 0 aliphatic carbocycles. The Hall–Kier alpha value is -3.17. The Kier molecular flexibility index (Phi) is 6.27. The van der Waals surface area contributed by atoms with Crippen molar-refractivity contribution in [3.8, 4) is 11.1 Å². The third-order valence-electron chi connectivity index (χ3n) is 5.50. The van der Waals surface area contributed by atoms with Crippen molar-refractivity contribution < 1.29 is 19.2 Å². The minimum atomic E-state index is -0.525. The summed E-state index contributed by atoms with van der Waals surface area (Å²) in [5, 5.41) is 8.79. The molecule has 0 bridgehead atoms. The predicted octanol–water partition coefficient (Wildman–Crippen LogP) is 3.40. The average Bonchev–Trinajstić information content (AvgIpc) is 3.19. The van der Waals surface area contributed by atoms with Gasteiger partial charge in [-0.1, -0.05) is 29.8 Å². The van der Waals surface area contributed by atoms with Crippen LogP contribution in [0.15, 0.2) is 34.8 Å². The molecule has 1 aliphatic heterocycles. The van der Waals surface area contributed by atoms with Gasteiger partial charge in [0.25, 0.3) is 17.7 Å². The molecule has 3 aromatic rings.